The Hall–Kier alpha value is -0.860. The molecule has 0 saturated carbocycles. The first-order chi connectivity index (χ1) is 8.93. The molecular formula is C18H41NO2. The maximum absolute atomic E-state index is 11.0. The molecule has 0 aliphatic rings. The van der Waals surface area contributed by atoms with Crippen LogP contribution in [0.25, 0.3) is 0 Å². The average molecular weight is 304 g/mol. The Kier molecular flexibility index (Phi) is 14.1. The van der Waals surface area contributed by atoms with Gasteiger partial charge < -0.3 is 5.73 Å². The Morgan fingerprint density at radius 3 is 0.952 bits per heavy atom. The SMILES string of the molecule is C.CC(=O)C(C(C)C)C(C)C.CC(C)C(C(N)=O)C(C)C.[HH]. The molecule has 0 aromatic rings. The maximum atomic E-state index is 11.0. The van der Waals surface area contributed by atoms with Gasteiger partial charge in [-0.1, -0.05) is 62.8 Å². The molecule has 0 aliphatic heterocycles. The van der Waals surface area contributed by atoms with Crippen molar-refractivity contribution in [1.29, 1.82) is 0 Å². The summed E-state index contributed by atoms with van der Waals surface area (Å²) in [5, 5.41) is 0. The summed E-state index contributed by atoms with van der Waals surface area (Å²) in [5.74, 6) is 2.11. The zero-order chi connectivity index (χ0) is 16.6. The van der Waals surface area contributed by atoms with E-state index in [9.17, 15) is 9.59 Å². The van der Waals surface area contributed by atoms with E-state index < -0.39 is 0 Å². The second-order valence-electron chi connectivity index (χ2n) is 7.04. The minimum absolute atomic E-state index is 0. The van der Waals surface area contributed by atoms with Crippen molar-refractivity contribution in [3.05, 3.63) is 0 Å². The first kappa shape index (κ1) is 25.1. The molecule has 0 rings (SSSR count). The second-order valence-corrected chi connectivity index (χ2v) is 7.04. The zero-order valence-corrected chi connectivity index (χ0v) is 14.9. The molecule has 0 aromatic heterocycles. The summed E-state index contributed by atoms with van der Waals surface area (Å²) in [5.41, 5.74) is 5.20. The van der Waals surface area contributed by atoms with E-state index in [-0.39, 0.29) is 26.6 Å². The third kappa shape index (κ3) is 10.5. The number of hydrogen-bond donors (Lipinski definition) is 1. The molecule has 0 aromatic carbocycles. The van der Waals surface area contributed by atoms with Crippen LogP contribution in [0.3, 0.4) is 0 Å². The van der Waals surface area contributed by atoms with Crippen LogP contribution in [0, 0.1) is 35.5 Å². The third-order valence-electron chi connectivity index (χ3n) is 3.67. The summed E-state index contributed by atoms with van der Waals surface area (Å²) in [6, 6.07) is 0. The highest BCUT2D eigenvalue weighted by molar-refractivity contribution is 5.78. The molecule has 0 atom stereocenters. The van der Waals surface area contributed by atoms with Crippen LogP contribution in [-0.4, -0.2) is 11.7 Å². The molecule has 21 heavy (non-hydrogen) atoms. The number of hydrogen-bond acceptors (Lipinski definition) is 2. The summed E-state index contributed by atoms with van der Waals surface area (Å²) < 4.78 is 0. The Bertz CT molecular complexity index is 253. The minimum Gasteiger partial charge on any atom is -0.369 e. The highest BCUT2D eigenvalue weighted by Gasteiger charge is 2.22. The molecular weight excluding hydrogens is 262 g/mol. The van der Waals surface area contributed by atoms with Crippen molar-refractivity contribution >= 4 is 11.7 Å². The number of carbonyl (C=O) groups excluding carboxylic acids is 2. The van der Waals surface area contributed by atoms with Crippen LogP contribution >= 0.6 is 0 Å². The van der Waals surface area contributed by atoms with E-state index in [0.717, 1.165) is 0 Å². The largest absolute Gasteiger partial charge is 0.369 e. The molecule has 0 fully saturated rings. The molecule has 0 saturated heterocycles. The van der Waals surface area contributed by atoms with Crippen molar-refractivity contribution in [1.82, 2.24) is 0 Å². The maximum Gasteiger partial charge on any atom is 0.221 e. The van der Waals surface area contributed by atoms with E-state index in [1.54, 1.807) is 6.92 Å². The molecule has 0 radical (unpaired) electrons. The van der Waals surface area contributed by atoms with Crippen molar-refractivity contribution in [3.63, 3.8) is 0 Å². The first-order valence-corrected chi connectivity index (χ1v) is 7.73. The van der Waals surface area contributed by atoms with Crippen molar-refractivity contribution in [2.45, 2.75) is 69.7 Å². The third-order valence-corrected chi connectivity index (χ3v) is 3.67. The van der Waals surface area contributed by atoms with Crippen molar-refractivity contribution in [2.75, 3.05) is 0 Å². The summed E-state index contributed by atoms with van der Waals surface area (Å²) in [7, 11) is 0. The standard InChI is InChI=1S/C9H18O.C8H17NO.CH4.H2/c1-6(2)9(7(3)4)8(5)10;1-5(2)7(6(3)4)8(9)10;;/h6-7,9H,1-5H3;5-7H,1-4H3,(H2,9,10);1H4;1H. The van der Waals surface area contributed by atoms with Gasteiger partial charge in [-0.3, -0.25) is 9.59 Å². The molecule has 0 unspecified atom stereocenters. The normalized spacial score (nSPS) is 11.0. The lowest BCUT2D eigenvalue weighted by atomic mass is 9.83. The van der Waals surface area contributed by atoms with Gasteiger partial charge in [0, 0.05) is 13.3 Å². The van der Waals surface area contributed by atoms with Crippen molar-refractivity contribution in [2.24, 2.45) is 41.2 Å². The number of rotatable bonds is 6. The highest BCUT2D eigenvalue weighted by atomic mass is 16.1. The minimum atomic E-state index is -0.176. The average Bonchev–Trinajstić information content (AvgIpc) is 2.12. The molecule has 3 nitrogen and oxygen atoms in total. The van der Waals surface area contributed by atoms with Crippen LogP contribution in [0.1, 0.15) is 71.2 Å². The van der Waals surface area contributed by atoms with E-state index in [1.807, 2.05) is 27.7 Å². The van der Waals surface area contributed by atoms with Gasteiger partial charge >= 0.3 is 0 Å². The molecule has 0 spiro atoms. The Morgan fingerprint density at radius 1 is 0.714 bits per heavy atom. The predicted octanol–water partition coefficient (Wildman–Crippen LogP) is 4.79. The van der Waals surface area contributed by atoms with Crippen LogP contribution in [0.15, 0.2) is 0 Å². The molecule has 0 bridgehead atoms. The van der Waals surface area contributed by atoms with E-state index >= 15 is 0 Å². The Labute approximate surface area is 134 Å². The van der Waals surface area contributed by atoms with E-state index in [1.165, 1.54) is 0 Å². The summed E-state index contributed by atoms with van der Waals surface area (Å²) in [4.78, 5) is 21.8. The van der Waals surface area contributed by atoms with Gasteiger partial charge in [0.05, 0.1) is 0 Å². The lowest BCUT2D eigenvalue weighted by Crippen LogP contribution is -2.31. The van der Waals surface area contributed by atoms with Crippen LogP contribution in [0.4, 0.5) is 0 Å². The van der Waals surface area contributed by atoms with Crippen LogP contribution < -0.4 is 5.73 Å². The number of amides is 1. The van der Waals surface area contributed by atoms with Crippen molar-refractivity contribution in [3.8, 4) is 0 Å². The Morgan fingerprint density at radius 2 is 0.952 bits per heavy atom. The second kappa shape index (κ2) is 11.8. The van der Waals surface area contributed by atoms with Gasteiger partial charge in [0.15, 0.2) is 0 Å². The summed E-state index contributed by atoms with van der Waals surface area (Å²) >= 11 is 0. The van der Waals surface area contributed by atoms with Crippen LogP contribution in [0.2, 0.25) is 0 Å². The topological polar surface area (TPSA) is 60.2 Å². The summed E-state index contributed by atoms with van der Waals surface area (Å²) in [6.07, 6.45) is 0. The van der Waals surface area contributed by atoms with E-state index in [2.05, 4.69) is 27.7 Å². The molecule has 130 valence electrons. The van der Waals surface area contributed by atoms with E-state index in [0.29, 0.717) is 29.5 Å². The zero-order valence-electron chi connectivity index (χ0n) is 14.9. The van der Waals surface area contributed by atoms with Crippen LogP contribution in [0.5, 0.6) is 0 Å². The lowest BCUT2D eigenvalue weighted by Gasteiger charge is -2.21. The lowest BCUT2D eigenvalue weighted by molar-refractivity contribution is -0.125. The van der Waals surface area contributed by atoms with Gasteiger partial charge in [-0.05, 0) is 30.6 Å². The molecule has 1 amide bonds. The van der Waals surface area contributed by atoms with Gasteiger partial charge in [-0.25, -0.2) is 0 Å². The molecule has 0 heterocycles. The number of carbonyl (C=O) groups is 2. The fourth-order valence-electron chi connectivity index (χ4n) is 3.14. The van der Waals surface area contributed by atoms with Gasteiger partial charge in [0.25, 0.3) is 0 Å². The number of ketones is 1. The van der Waals surface area contributed by atoms with Crippen LogP contribution in [-0.2, 0) is 9.59 Å². The van der Waals surface area contributed by atoms with E-state index in [4.69, 9.17) is 5.73 Å². The smallest absolute Gasteiger partial charge is 0.221 e. The van der Waals surface area contributed by atoms with Gasteiger partial charge in [-0.15, -0.1) is 0 Å². The fraction of sp³-hybridized carbons (Fsp3) is 0.889. The number of Topliss-reactive ketones (excluding diaryl/α,β-unsaturated/α-hetero) is 1. The molecule has 2 N–H and O–H groups in total. The quantitative estimate of drug-likeness (QED) is 0.767. The van der Waals surface area contributed by atoms with Gasteiger partial charge in [0.1, 0.15) is 5.78 Å². The molecule has 3 heteroatoms. The fourth-order valence-corrected chi connectivity index (χ4v) is 3.14. The molecule has 0 aliphatic carbocycles. The van der Waals surface area contributed by atoms with Crippen molar-refractivity contribution < 1.29 is 11.0 Å². The monoisotopic (exact) mass is 303 g/mol. The first-order valence-electron chi connectivity index (χ1n) is 7.73. The predicted molar refractivity (Wildman–Crippen MR) is 95.1 cm³/mol. The van der Waals surface area contributed by atoms with Gasteiger partial charge in [-0.2, -0.15) is 0 Å². The number of primary amides is 1. The Balaban J connectivity index is -0.000000135. The summed E-state index contributed by atoms with van der Waals surface area (Å²) in [6.45, 7) is 18.2. The van der Waals surface area contributed by atoms with Gasteiger partial charge in [0.2, 0.25) is 5.91 Å². The highest BCUT2D eigenvalue weighted by Crippen LogP contribution is 2.21. The number of nitrogens with two attached hydrogens (primary N) is 1.